The topological polar surface area (TPSA) is 83.4 Å². The maximum atomic E-state index is 8.88. The number of aryl methyl sites for hydroxylation is 1. The molecule has 0 saturated heterocycles. The van der Waals surface area contributed by atoms with Gasteiger partial charge in [0.1, 0.15) is 11.8 Å². The van der Waals surface area contributed by atoms with E-state index < -0.39 is 0 Å². The van der Waals surface area contributed by atoms with Gasteiger partial charge in [0.2, 0.25) is 5.69 Å². The molecule has 6 nitrogen and oxygen atoms in total. The van der Waals surface area contributed by atoms with Crippen LogP contribution in [0.5, 0.6) is 5.75 Å². The van der Waals surface area contributed by atoms with Crippen LogP contribution in [0.3, 0.4) is 0 Å². The van der Waals surface area contributed by atoms with Crippen molar-refractivity contribution in [3.05, 3.63) is 41.4 Å². The maximum Gasteiger partial charge on any atom is 0.252 e. The van der Waals surface area contributed by atoms with Crippen molar-refractivity contribution in [2.75, 3.05) is 12.0 Å². The number of rotatable bonds is 5. The van der Waals surface area contributed by atoms with Crippen LogP contribution < -0.4 is 10.2 Å². The van der Waals surface area contributed by atoms with E-state index in [4.69, 9.17) is 14.4 Å². The molecule has 20 heavy (non-hydrogen) atoms. The van der Waals surface area contributed by atoms with Crippen molar-refractivity contribution in [3.8, 4) is 11.8 Å². The van der Waals surface area contributed by atoms with Gasteiger partial charge in [-0.05, 0) is 19.1 Å². The van der Waals surface area contributed by atoms with E-state index in [1.165, 1.54) is 0 Å². The van der Waals surface area contributed by atoms with Gasteiger partial charge in [-0.25, -0.2) is 10.4 Å². The molecule has 2 rings (SSSR count). The van der Waals surface area contributed by atoms with Gasteiger partial charge < -0.3 is 9.15 Å². The van der Waals surface area contributed by atoms with Gasteiger partial charge in [-0.3, -0.25) is 0 Å². The molecule has 1 aromatic heterocycles. The van der Waals surface area contributed by atoms with Crippen LogP contribution in [-0.4, -0.2) is 17.8 Å². The monoisotopic (exact) mass is 270 g/mol. The normalized spacial score (nSPS) is 10.4. The molecule has 1 aromatic carbocycles. The largest absolute Gasteiger partial charge is 0.493 e. The summed E-state index contributed by atoms with van der Waals surface area (Å²) >= 11 is 0. The molecule has 102 valence electrons. The zero-order valence-electron chi connectivity index (χ0n) is 11.3. The predicted molar refractivity (Wildman–Crippen MR) is 74.8 cm³/mol. The van der Waals surface area contributed by atoms with Gasteiger partial charge in [-0.2, -0.15) is 10.4 Å². The summed E-state index contributed by atoms with van der Waals surface area (Å²) in [6.45, 7) is 4.17. The molecule has 2 aromatic rings. The lowest BCUT2D eigenvalue weighted by Gasteiger charge is -2.05. The average Bonchev–Trinajstić information content (AvgIpc) is 2.81. The van der Waals surface area contributed by atoms with Crippen molar-refractivity contribution in [2.24, 2.45) is 5.10 Å². The number of ether oxygens (including phenoxy) is 1. The molecule has 0 aliphatic rings. The number of oxazole rings is 1. The molecule has 0 saturated carbocycles. The molecular formula is C14H14N4O2. The van der Waals surface area contributed by atoms with Crippen molar-refractivity contribution >= 4 is 12.1 Å². The number of nitrogens with zero attached hydrogens (tertiary/aromatic N) is 3. The minimum Gasteiger partial charge on any atom is -0.493 e. The predicted octanol–water partition coefficient (Wildman–Crippen LogP) is 2.70. The summed E-state index contributed by atoms with van der Waals surface area (Å²) < 4.78 is 10.7. The van der Waals surface area contributed by atoms with Crippen molar-refractivity contribution in [3.63, 3.8) is 0 Å². The molecule has 0 bridgehead atoms. The van der Waals surface area contributed by atoms with Crippen molar-refractivity contribution in [2.45, 2.75) is 13.8 Å². The Balaban J connectivity index is 2.12. The molecule has 0 aliphatic heterocycles. The van der Waals surface area contributed by atoms with E-state index >= 15 is 0 Å². The summed E-state index contributed by atoms with van der Waals surface area (Å²) in [4.78, 5) is 3.91. The Kier molecular flexibility index (Phi) is 4.35. The molecule has 1 N–H and O–H groups in total. The van der Waals surface area contributed by atoms with Crippen molar-refractivity contribution in [1.29, 1.82) is 5.26 Å². The Morgan fingerprint density at radius 2 is 2.30 bits per heavy atom. The van der Waals surface area contributed by atoms with E-state index in [0.29, 0.717) is 12.5 Å². The fourth-order valence-electron chi connectivity index (χ4n) is 1.61. The first kappa shape index (κ1) is 13.6. The van der Waals surface area contributed by atoms with Crippen LogP contribution >= 0.6 is 0 Å². The highest BCUT2D eigenvalue weighted by Crippen LogP contribution is 2.17. The lowest BCUT2D eigenvalue weighted by atomic mass is 10.2. The van der Waals surface area contributed by atoms with E-state index in [-0.39, 0.29) is 11.6 Å². The summed E-state index contributed by atoms with van der Waals surface area (Å²) in [6.07, 6.45) is 1.60. The highest BCUT2D eigenvalue weighted by Gasteiger charge is 2.08. The number of nitrogens with one attached hydrogen (secondary N) is 1. The number of nitriles is 1. The third kappa shape index (κ3) is 3.14. The lowest BCUT2D eigenvalue weighted by molar-refractivity contribution is 0.340. The minimum atomic E-state index is 0.178. The van der Waals surface area contributed by atoms with Crippen LogP contribution in [0.15, 0.2) is 33.8 Å². The number of anilines is 1. The lowest BCUT2D eigenvalue weighted by Crippen LogP contribution is -1.97. The van der Waals surface area contributed by atoms with Gasteiger partial charge in [0.05, 0.1) is 12.8 Å². The standard InChI is InChI=1S/C14H14N4O2/c1-3-19-13-7-5-4-6-11(13)9-16-18-14-12(8-15)17-10(2)20-14/h4-7,9,18H,3H2,1-2H3. The maximum absolute atomic E-state index is 8.88. The van der Waals surface area contributed by atoms with Gasteiger partial charge in [-0.1, -0.05) is 12.1 Å². The summed E-state index contributed by atoms with van der Waals surface area (Å²) in [6, 6.07) is 9.46. The Morgan fingerprint density at radius 1 is 1.50 bits per heavy atom. The van der Waals surface area contributed by atoms with E-state index in [0.717, 1.165) is 11.3 Å². The number of hydrogen-bond donors (Lipinski definition) is 1. The second kappa shape index (κ2) is 6.38. The molecule has 0 radical (unpaired) electrons. The molecular weight excluding hydrogens is 256 g/mol. The molecule has 0 unspecified atom stereocenters. The summed E-state index contributed by atoms with van der Waals surface area (Å²) in [5, 5.41) is 12.9. The smallest absolute Gasteiger partial charge is 0.252 e. The average molecular weight is 270 g/mol. The molecule has 0 spiro atoms. The molecule has 6 heteroatoms. The van der Waals surface area contributed by atoms with Crippen LogP contribution in [0.1, 0.15) is 24.1 Å². The van der Waals surface area contributed by atoms with E-state index in [1.54, 1.807) is 13.1 Å². The first-order valence-electron chi connectivity index (χ1n) is 6.13. The van der Waals surface area contributed by atoms with E-state index in [1.807, 2.05) is 37.3 Å². The fourth-order valence-corrected chi connectivity index (χ4v) is 1.61. The van der Waals surface area contributed by atoms with Crippen LogP contribution in [0, 0.1) is 18.3 Å². The molecule has 0 fully saturated rings. The Labute approximate surface area is 116 Å². The summed E-state index contributed by atoms with van der Waals surface area (Å²) in [5.41, 5.74) is 3.67. The highest BCUT2D eigenvalue weighted by molar-refractivity contribution is 5.83. The molecule has 0 aliphatic carbocycles. The number of para-hydroxylation sites is 1. The van der Waals surface area contributed by atoms with Gasteiger partial charge in [0, 0.05) is 12.5 Å². The Bertz CT molecular complexity index is 655. The fraction of sp³-hybridized carbons (Fsp3) is 0.214. The van der Waals surface area contributed by atoms with E-state index in [9.17, 15) is 0 Å². The summed E-state index contributed by atoms with van der Waals surface area (Å²) in [5.74, 6) is 1.39. The number of benzene rings is 1. The number of hydrazone groups is 1. The Hall–Kier alpha value is -2.81. The van der Waals surface area contributed by atoms with Crippen LogP contribution in [-0.2, 0) is 0 Å². The van der Waals surface area contributed by atoms with Crippen LogP contribution in [0.25, 0.3) is 0 Å². The number of hydrogen-bond acceptors (Lipinski definition) is 6. The van der Waals surface area contributed by atoms with Gasteiger partial charge in [0.15, 0.2) is 5.89 Å². The second-order valence-corrected chi connectivity index (χ2v) is 3.86. The van der Waals surface area contributed by atoms with Crippen molar-refractivity contribution < 1.29 is 9.15 Å². The Morgan fingerprint density at radius 3 is 3.05 bits per heavy atom. The van der Waals surface area contributed by atoms with Gasteiger partial charge in [0.25, 0.3) is 5.88 Å². The highest BCUT2D eigenvalue weighted by atomic mass is 16.5. The molecule has 0 amide bonds. The van der Waals surface area contributed by atoms with Crippen LogP contribution in [0.2, 0.25) is 0 Å². The summed E-state index contributed by atoms with van der Waals surface area (Å²) in [7, 11) is 0. The zero-order chi connectivity index (χ0) is 14.4. The third-order valence-corrected chi connectivity index (χ3v) is 2.43. The third-order valence-electron chi connectivity index (χ3n) is 2.43. The first-order chi connectivity index (χ1) is 9.74. The van der Waals surface area contributed by atoms with Gasteiger partial charge in [-0.15, -0.1) is 0 Å². The van der Waals surface area contributed by atoms with Crippen LogP contribution in [0.4, 0.5) is 5.88 Å². The first-order valence-corrected chi connectivity index (χ1v) is 6.13. The molecule has 1 heterocycles. The van der Waals surface area contributed by atoms with E-state index in [2.05, 4.69) is 15.5 Å². The zero-order valence-corrected chi connectivity index (χ0v) is 11.3. The molecule has 0 atom stereocenters. The second-order valence-electron chi connectivity index (χ2n) is 3.86. The SMILES string of the molecule is CCOc1ccccc1C=NNc1oc(C)nc1C#N. The van der Waals surface area contributed by atoms with Crippen molar-refractivity contribution in [1.82, 2.24) is 4.98 Å². The quantitative estimate of drug-likeness (QED) is 0.667. The van der Waals surface area contributed by atoms with Gasteiger partial charge >= 0.3 is 0 Å². The number of aromatic nitrogens is 1. The minimum absolute atomic E-state index is 0.178.